The van der Waals surface area contributed by atoms with Crippen molar-refractivity contribution in [2.24, 2.45) is 11.8 Å². The third-order valence-electron chi connectivity index (χ3n) is 3.09. The summed E-state index contributed by atoms with van der Waals surface area (Å²) in [6.45, 7) is 6.73. The third kappa shape index (κ3) is 5.59. The maximum Gasteiger partial charge on any atom is 0.320 e. The molecule has 1 saturated heterocycles. The Bertz CT molecular complexity index is 312. The van der Waals surface area contributed by atoms with Gasteiger partial charge in [-0.15, -0.1) is 0 Å². The van der Waals surface area contributed by atoms with E-state index >= 15 is 0 Å². The van der Waals surface area contributed by atoms with Gasteiger partial charge in [-0.1, -0.05) is 0 Å². The molecule has 5 heteroatoms. The molecular weight excluding hydrogens is 248 g/mol. The fourth-order valence-corrected chi connectivity index (χ4v) is 2.12. The van der Waals surface area contributed by atoms with E-state index in [9.17, 15) is 9.59 Å². The Morgan fingerprint density at radius 2 is 1.79 bits per heavy atom. The molecule has 0 aromatic carbocycles. The van der Waals surface area contributed by atoms with Gasteiger partial charge in [-0.05, 0) is 46.0 Å². The minimum absolute atomic E-state index is 0.311. The maximum absolute atomic E-state index is 12.1. The highest BCUT2D eigenvalue weighted by Crippen LogP contribution is 2.25. The van der Waals surface area contributed by atoms with Crippen LogP contribution in [-0.2, 0) is 23.8 Å². The molecule has 0 bridgehead atoms. The number of hydrogen-bond donors (Lipinski definition) is 0. The predicted molar refractivity (Wildman–Crippen MR) is 69.5 cm³/mol. The van der Waals surface area contributed by atoms with Gasteiger partial charge < -0.3 is 14.2 Å². The highest BCUT2D eigenvalue weighted by atomic mass is 16.6. The predicted octanol–water partition coefficient (Wildman–Crippen LogP) is 1.93. The first-order valence-corrected chi connectivity index (χ1v) is 6.72. The first-order valence-electron chi connectivity index (χ1n) is 6.72. The van der Waals surface area contributed by atoms with Crippen LogP contribution >= 0.6 is 0 Å². The van der Waals surface area contributed by atoms with Crippen molar-refractivity contribution in [3.8, 4) is 0 Å². The van der Waals surface area contributed by atoms with Crippen LogP contribution in [0.15, 0.2) is 0 Å². The van der Waals surface area contributed by atoms with E-state index in [1.54, 1.807) is 20.8 Å². The topological polar surface area (TPSA) is 61.8 Å². The van der Waals surface area contributed by atoms with Crippen LogP contribution < -0.4 is 0 Å². The van der Waals surface area contributed by atoms with Crippen molar-refractivity contribution in [3.05, 3.63) is 0 Å². The van der Waals surface area contributed by atoms with Crippen molar-refractivity contribution in [2.45, 2.75) is 45.6 Å². The summed E-state index contributed by atoms with van der Waals surface area (Å²) in [6.07, 6.45) is 2.22. The molecule has 1 aliphatic heterocycles. The average Bonchev–Trinajstić information content (AvgIpc) is 2.34. The van der Waals surface area contributed by atoms with Crippen molar-refractivity contribution < 1.29 is 23.8 Å². The number of carbonyl (C=O) groups excluding carboxylic acids is 2. The molecule has 0 aromatic rings. The van der Waals surface area contributed by atoms with Gasteiger partial charge in [-0.3, -0.25) is 9.59 Å². The van der Waals surface area contributed by atoms with E-state index in [2.05, 4.69) is 0 Å². The van der Waals surface area contributed by atoms with Gasteiger partial charge >= 0.3 is 11.9 Å². The van der Waals surface area contributed by atoms with E-state index in [4.69, 9.17) is 14.2 Å². The van der Waals surface area contributed by atoms with E-state index in [0.29, 0.717) is 25.6 Å². The molecule has 0 N–H and O–H groups in total. The number of ether oxygens (including phenoxy) is 3. The van der Waals surface area contributed by atoms with Crippen LogP contribution in [0.1, 0.15) is 40.0 Å². The molecule has 0 aromatic heterocycles. The lowest BCUT2D eigenvalue weighted by molar-refractivity contribution is -0.169. The normalized spacial score (nSPS) is 18.7. The number of esters is 2. The summed E-state index contributed by atoms with van der Waals surface area (Å²) in [7, 11) is 1.30. The molecule has 1 rings (SSSR count). The fourth-order valence-electron chi connectivity index (χ4n) is 2.12. The van der Waals surface area contributed by atoms with Crippen LogP contribution in [0.3, 0.4) is 0 Å². The lowest BCUT2D eigenvalue weighted by Crippen LogP contribution is -2.35. The molecule has 1 fully saturated rings. The Labute approximate surface area is 114 Å². The van der Waals surface area contributed by atoms with Gasteiger partial charge in [0.1, 0.15) is 5.60 Å². The minimum Gasteiger partial charge on any atom is -0.468 e. The first-order chi connectivity index (χ1) is 8.83. The van der Waals surface area contributed by atoms with Crippen LogP contribution in [0.5, 0.6) is 0 Å². The zero-order valence-electron chi connectivity index (χ0n) is 12.2. The SMILES string of the molecule is COC(=O)[C@H](CC1CCOCC1)C(=O)OC(C)(C)C. The lowest BCUT2D eigenvalue weighted by atomic mass is 9.89. The fraction of sp³-hybridized carbons (Fsp3) is 0.857. The van der Waals surface area contributed by atoms with Crippen molar-refractivity contribution in [1.82, 2.24) is 0 Å². The molecule has 0 radical (unpaired) electrons. The van der Waals surface area contributed by atoms with Crippen LogP contribution in [0.4, 0.5) is 0 Å². The molecule has 1 atom stereocenters. The van der Waals surface area contributed by atoms with Crippen LogP contribution in [0, 0.1) is 11.8 Å². The monoisotopic (exact) mass is 272 g/mol. The van der Waals surface area contributed by atoms with E-state index in [-0.39, 0.29) is 0 Å². The van der Waals surface area contributed by atoms with Gasteiger partial charge in [-0.2, -0.15) is 0 Å². The Hall–Kier alpha value is -1.10. The van der Waals surface area contributed by atoms with Crippen molar-refractivity contribution >= 4 is 11.9 Å². The zero-order chi connectivity index (χ0) is 14.5. The number of methoxy groups -OCH3 is 1. The van der Waals surface area contributed by atoms with Crippen LogP contribution in [0.2, 0.25) is 0 Å². The molecule has 1 aliphatic rings. The van der Waals surface area contributed by atoms with Crippen molar-refractivity contribution in [2.75, 3.05) is 20.3 Å². The molecule has 19 heavy (non-hydrogen) atoms. The first kappa shape index (κ1) is 16.0. The van der Waals surface area contributed by atoms with E-state index in [1.807, 2.05) is 0 Å². The Balaban J connectivity index is 2.65. The Morgan fingerprint density at radius 3 is 2.26 bits per heavy atom. The zero-order valence-corrected chi connectivity index (χ0v) is 12.2. The summed E-state index contributed by atoms with van der Waals surface area (Å²) >= 11 is 0. The van der Waals surface area contributed by atoms with Gasteiger partial charge in [0.05, 0.1) is 7.11 Å². The molecule has 0 amide bonds. The summed E-state index contributed by atoms with van der Waals surface area (Å²) in [6, 6.07) is 0. The smallest absolute Gasteiger partial charge is 0.320 e. The summed E-state index contributed by atoms with van der Waals surface area (Å²) in [4.78, 5) is 23.8. The molecule has 5 nitrogen and oxygen atoms in total. The second-order valence-electron chi connectivity index (χ2n) is 5.90. The van der Waals surface area contributed by atoms with Crippen LogP contribution in [0.25, 0.3) is 0 Å². The largest absolute Gasteiger partial charge is 0.468 e. The highest BCUT2D eigenvalue weighted by molar-refractivity contribution is 5.95. The third-order valence-corrected chi connectivity index (χ3v) is 3.09. The molecule has 0 aliphatic carbocycles. The second kappa shape index (κ2) is 6.89. The van der Waals surface area contributed by atoms with Gasteiger partial charge in [-0.25, -0.2) is 0 Å². The second-order valence-corrected chi connectivity index (χ2v) is 5.90. The average molecular weight is 272 g/mol. The van der Waals surface area contributed by atoms with Gasteiger partial charge in [0.15, 0.2) is 5.92 Å². The Kier molecular flexibility index (Phi) is 5.79. The quantitative estimate of drug-likeness (QED) is 0.578. The Morgan fingerprint density at radius 1 is 1.21 bits per heavy atom. The molecule has 0 saturated carbocycles. The molecule has 0 spiro atoms. The molecule has 1 heterocycles. The van der Waals surface area contributed by atoms with Crippen LogP contribution in [-0.4, -0.2) is 37.9 Å². The maximum atomic E-state index is 12.1. The van der Waals surface area contributed by atoms with Gasteiger partial charge in [0, 0.05) is 13.2 Å². The number of carbonyl (C=O) groups is 2. The molecule has 0 unspecified atom stereocenters. The number of rotatable bonds is 4. The molecule has 110 valence electrons. The van der Waals surface area contributed by atoms with E-state index < -0.39 is 23.5 Å². The number of hydrogen-bond acceptors (Lipinski definition) is 5. The summed E-state index contributed by atoms with van der Waals surface area (Å²) in [5.41, 5.74) is -0.598. The summed E-state index contributed by atoms with van der Waals surface area (Å²) in [5.74, 6) is -1.52. The summed E-state index contributed by atoms with van der Waals surface area (Å²) < 4.78 is 15.3. The van der Waals surface area contributed by atoms with Gasteiger partial charge in [0.2, 0.25) is 0 Å². The van der Waals surface area contributed by atoms with E-state index in [1.165, 1.54) is 7.11 Å². The summed E-state index contributed by atoms with van der Waals surface area (Å²) in [5, 5.41) is 0. The van der Waals surface area contributed by atoms with Crippen molar-refractivity contribution in [3.63, 3.8) is 0 Å². The molecular formula is C14H24O5. The van der Waals surface area contributed by atoms with Crippen molar-refractivity contribution in [1.29, 1.82) is 0 Å². The van der Waals surface area contributed by atoms with E-state index in [0.717, 1.165) is 12.8 Å². The van der Waals surface area contributed by atoms with Gasteiger partial charge in [0.25, 0.3) is 0 Å². The highest BCUT2D eigenvalue weighted by Gasteiger charge is 2.34. The standard InChI is InChI=1S/C14H24O5/c1-14(2,3)19-13(16)11(12(15)17-4)9-10-5-7-18-8-6-10/h10-11H,5-9H2,1-4H3/t11-/m0/s1. The lowest BCUT2D eigenvalue weighted by Gasteiger charge is -2.27. The minimum atomic E-state index is -0.827.